The zero-order valence-electron chi connectivity index (χ0n) is 27.6. The van der Waals surface area contributed by atoms with E-state index in [9.17, 15) is 23.1 Å². The van der Waals surface area contributed by atoms with Gasteiger partial charge in [-0.1, -0.05) is 44.2 Å². The monoisotopic (exact) mass is 703 g/mol. The van der Waals surface area contributed by atoms with E-state index in [-0.39, 0.29) is 68.0 Å². The van der Waals surface area contributed by atoms with E-state index in [1.54, 1.807) is 0 Å². The van der Waals surface area contributed by atoms with Gasteiger partial charge in [-0.25, -0.2) is 18.0 Å². The highest BCUT2D eigenvalue weighted by Gasteiger charge is 2.45. The Morgan fingerprint density at radius 1 is 0.857 bits per heavy atom. The maximum atomic E-state index is 14.0. The van der Waals surface area contributed by atoms with E-state index in [1.807, 2.05) is 44.2 Å². The van der Waals surface area contributed by atoms with E-state index in [0.717, 1.165) is 12.0 Å². The van der Waals surface area contributed by atoms with Crippen LogP contribution >= 0.6 is 0 Å². The number of carbonyl (C=O) groups excluding carboxylic acids is 2. The maximum Gasteiger partial charge on any atom is 0.411 e. The lowest BCUT2D eigenvalue weighted by Gasteiger charge is -2.31. The topological polar surface area (TPSA) is 171 Å². The Morgan fingerprint density at radius 3 is 2.04 bits per heavy atom. The molecule has 15 heteroatoms. The van der Waals surface area contributed by atoms with Gasteiger partial charge in [0.05, 0.1) is 55.3 Å². The predicted molar refractivity (Wildman–Crippen MR) is 175 cm³/mol. The Bertz CT molecular complexity index is 1530. The summed E-state index contributed by atoms with van der Waals surface area (Å²) in [6.45, 7) is 5.15. The molecule has 4 heterocycles. The van der Waals surface area contributed by atoms with Crippen LogP contribution in [0.1, 0.15) is 32.3 Å². The number of fused-ring (bicyclic) bond motifs is 2. The van der Waals surface area contributed by atoms with Crippen molar-refractivity contribution in [3.8, 4) is 0 Å². The molecule has 3 N–H and O–H groups in total. The van der Waals surface area contributed by atoms with Gasteiger partial charge in [0.1, 0.15) is 12.2 Å². The Labute approximate surface area is 286 Å². The predicted octanol–water partition coefficient (Wildman–Crippen LogP) is 3.10. The van der Waals surface area contributed by atoms with Gasteiger partial charge in [-0.15, -0.1) is 0 Å². The minimum Gasteiger partial charge on any atom is -0.443 e. The van der Waals surface area contributed by atoms with Crippen molar-refractivity contribution >= 4 is 27.9 Å². The van der Waals surface area contributed by atoms with Crippen LogP contribution in [0.4, 0.5) is 15.3 Å². The second-order valence-electron chi connectivity index (χ2n) is 13.3. The van der Waals surface area contributed by atoms with E-state index >= 15 is 0 Å². The number of alkyl carbamates (subject to hydrolysis) is 1. The Hall–Kier alpha value is -3.31. The van der Waals surface area contributed by atoms with Crippen molar-refractivity contribution in [2.24, 2.45) is 17.8 Å². The molecule has 2 amide bonds. The molecule has 0 bridgehead atoms. The van der Waals surface area contributed by atoms with Gasteiger partial charge in [-0.05, 0) is 55.0 Å². The van der Waals surface area contributed by atoms with Crippen molar-refractivity contribution in [2.75, 3.05) is 44.8 Å². The molecule has 4 aliphatic heterocycles. The molecule has 8 atom stereocenters. The fraction of sp³-hybridized carbons (Fsp3) is 0.588. The van der Waals surface area contributed by atoms with Gasteiger partial charge in [0.25, 0.3) is 0 Å². The van der Waals surface area contributed by atoms with Gasteiger partial charge in [0.2, 0.25) is 10.0 Å². The molecule has 4 fully saturated rings. The molecular formula is C34H45N3O11S. The third-order valence-electron chi connectivity index (χ3n) is 9.25. The molecule has 0 radical (unpaired) electrons. The summed E-state index contributed by atoms with van der Waals surface area (Å²) in [6, 6.07) is 14.2. The molecule has 4 saturated heterocycles. The van der Waals surface area contributed by atoms with Crippen molar-refractivity contribution in [3.63, 3.8) is 0 Å². The van der Waals surface area contributed by atoms with Gasteiger partial charge >= 0.3 is 12.2 Å². The Morgan fingerprint density at radius 2 is 1.45 bits per heavy atom. The molecule has 0 saturated carbocycles. The first kappa shape index (κ1) is 35.5. The Kier molecular flexibility index (Phi) is 11.4. The lowest BCUT2D eigenvalue weighted by molar-refractivity contribution is -0.0909. The summed E-state index contributed by atoms with van der Waals surface area (Å²) in [5.41, 5.74) is 1.20. The summed E-state index contributed by atoms with van der Waals surface area (Å²) in [7, 11) is -4.10. The minimum atomic E-state index is -4.10. The first-order valence-corrected chi connectivity index (χ1v) is 18.2. The molecular weight excluding hydrogens is 658 g/mol. The van der Waals surface area contributed by atoms with E-state index in [0.29, 0.717) is 25.3 Å². The average Bonchev–Trinajstić information content (AvgIpc) is 3.87. The van der Waals surface area contributed by atoms with Crippen LogP contribution < -0.4 is 10.6 Å². The molecule has 0 spiro atoms. The van der Waals surface area contributed by atoms with Crippen LogP contribution in [0.15, 0.2) is 59.5 Å². The normalized spacial score (nSPS) is 27.4. The molecule has 4 aliphatic rings. The van der Waals surface area contributed by atoms with Crippen LogP contribution in [0.3, 0.4) is 0 Å². The molecule has 0 aliphatic carbocycles. The van der Waals surface area contributed by atoms with Crippen LogP contribution in [-0.4, -0.2) is 106 Å². The van der Waals surface area contributed by atoms with Crippen LogP contribution in [0.5, 0.6) is 0 Å². The van der Waals surface area contributed by atoms with E-state index < -0.39 is 46.6 Å². The summed E-state index contributed by atoms with van der Waals surface area (Å²) in [6.07, 6.45) is -2.63. The fourth-order valence-electron chi connectivity index (χ4n) is 6.73. The van der Waals surface area contributed by atoms with Gasteiger partial charge in [0, 0.05) is 18.8 Å². The van der Waals surface area contributed by atoms with Crippen LogP contribution in [0.2, 0.25) is 0 Å². The molecule has 2 aromatic carbocycles. The van der Waals surface area contributed by atoms with Crippen molar-refractivity contribution < 1.29 is 51.5 Å². The third-order valence-corrected chi connectivity index (χ3v) is 11.1. The molecule has 3 unspecified atom stereocenters. The molecule has 49 heavy (non-hydrogen) atoms. The zero-order chi connectivity index (χ0) is 34.5. The highest BCUT2D eigenvalue weighted by Crippen LogP contribution is 2.34. The number of benzene rings is 2. The SMILES string of the molecule is CC(C)CN(CC(O)C(Cc1ccccc1)NC(=O)O[C@H]1CO[C@H]2OCCC21)S(=O)(=O)c1ccc(NC(=O)O[C@@H]2CO[C@@H]3OCC[C@@H]32)cc1. The summed E-state index contributed by atoms with van der Waals surface area (Å²) in [5.74, 6) is -0.138. The quantitative estimate of drug-likeness (QED) is 0.280. The van der Waals surface area contributed by atoms with E-state index in [4.69, 9.17) is 28.4 Å². The number of anilines is 1. The number of hydrogen-bond donors (Lipinski definition) is 3. The number of sulfonamides is 1. The lowest BCUT2D eigenvalue weighted by Crippen LogP contribution is -2.51. The number of nitrogens with one attached hydrogen (secondary N) is 2. The van der Waals surface area contributed by atoms with Crippen LogP contribution in [0, 0.1) is 17.8 Å². The molecule has 2 aromatic rings. The number of ether oxygens (including phenoxy) is 6. The second-order valence-corrected chi connectivity index (χ2v) is 15.2. The smallest absolute Gasteiger partial charge is 0.411 e. The van der Waals surface area contributed by atoms with Crippen LogP contribution in [-0.2, 0) is 44.9 Å². The van der Waals surface area contributed by atoms with Crippen molar-refractivity contribution in [1.29, 1.82) is 0 Å². The first-order chi connectivity index (χ1) is 23.6. The number of carbonyl (C=O) groups is 2. The molecule has 268 valence electrons. The summed E-state index contributed by atoms with van der Waals surface area (Å²) in [5, 5.41) is 17.0. The van der Waals surface area contributed by atoms with Gasteiger partial charge < -0.3 is 38.8 Å². The largest absolute Gasteiger partial charge is 0.443 e. The highest BCUT2D eigenvalue weighted by molar-refractivity contribution is 7.89. The Balaban J connectivity index is 1.11. The maximum absolute atomic E-state index is 14.0. The van der Waals surface area contributed by atoms with Gasteiger partial charge in [-0.2, -0.15) is 4.31 Å². The summed E-state index contributed by atoms with van der Waals surface area (Å²) >= 11 is 0. The van der Waals surface area contributed by atoms with Crippen molar-refractivity contribution in [1.82, 2.24) is 9.62 Å². The first-order valence-electron chi connectivity index (χ1n) is 16.8. The summed E-state index contributed by atoms with van der Waals surface area (Å²) < 4.78 is 62.5. The molecule has 0 aromatic heterocycles. The van der Waals surface area contributed by atoms with Crippen LogP contribution in [0.25, 0.3) is 0 Å². The fourth-order valence-corrected chi connectivity index (χ4v) is 8.35. The average molecular weight is 704 g/mol. The van der Waals surface area contributed by atoms with Crippen molar-refractivity contribution in [2.45, 2.75) is 74.9 Å². The third kappa shape index (κ3) is 8.71. The van der Waals surface area contributed by atoms with Gasteiger partial charge in [0.15, 0.2) is 12.6 Å². The second kappa shape index (κ2) is 15.7. The number of hydrogen-bond acceptors (Lipinski definition) is 11. The van der Waals surface area contributed by atoms with Gasteiger partial charge in [-0.3, -0.25) is 5.32 Å². The molecule has 6 rings (SSSR count). The number of aliphatic hydroxyl groups is 1. The number of nitrogens with zero attached hydrogens (tertiary/aromatic N) is 1. The zero-order valence-corrected chi connectivity index (χ0v) is 28.5. The highest BCUT2D eigenvalue weighted by atomic mass is 32.2. The standard InChI is InChI=1S/C34H45N3O11S/c1-21(2)17-37(49(41,42)24-10-8-23(9-11-24)35-33(39)47-29-19-45-31-25(29)12-14-43-31)18-28(38)27(16-22-6-4-3-5-7-22)36-34(40)48-30-20-46-32-26(30)13-15-44-32/h3-11,21,25-32,38H,12-20H2,1-2H3,(H,35,39)(H,36,40)/t25-,26?,27?,28?,29-,30+,31+,32-/m1/s1. The van der Waals surface area contributed by atoms with E-state index in [2.05, 4.69) is 10.6 Å². The minimum absolute atomic E-state index is 0.00891. The van der Waals surface area contributed by atoms with E-state index in [1.165, 1.54) is 28.6 Å². The number of rotatable bonds is 13. The summed E-state index contributed by atoms with van der Waals surface area (Å²) in [4.78, 5) is 25.7. The lowest BCUT2D eigenvalue weighted by atomic mass is 10.0. The number of aliphatic hydroxyl groups excluding tert-OH is 1. The molecule has 14 nitrogen and oxygen atoms in total. The van der Waals surface area contributed by atoms with Crippen molar-refractivity contribution in [3.05, 3.63) is 60.2 Å². The number of amides is 2.